The van der Waals surface area contributed by atoms with E-state index in [2.05, 4.69) is 0 Å². The standard InChI is InChI=1S/C10H19F3N2/c1-2-7-15(8-3-4-8)9(5-6-14)10(11,12)13/h8-9H,2-7,14H2,1H3. The maximum absolute atomic E-state index is 12.8. The van der Waals surface area contributed by atoms with E-state index in [1.54, 1.807) is 4.90 Å². The van der Waals surface area contributed by atoms with E-state index in [4.69, 9.17) is 5.73 Å². The van der Waals surface area contributed by atoms with Gasteiger partial charge in [0.2, 0.25) is 0 Å². The third-order valence-electron chi connectivity index (χ3n) is 2.72. The van der Waals surface area contributed by atoms with E-state index in [1.807, 2.05) is 6.92 Å². The van der Waals surface area contributed by atoms with Crippen LogP contribution >= 0.6 is 0 Å². The normalized spacial score (nSPS) is 19.6. The van der Waals surface area contributed by atoms with Crippen LogP contribution in [0.2, 0.25) is 0 Å². The first-order valence-corrected chi connectivity index (χ1v) is 5.53. The molecule has 0 aliphatic heterocycles. The minimum Gasteiger partial charge on any atom is -0.330 e. The van der Waals surface area contributed by atoms with Crippen molar-refractivity contribution in [1.82, 2.24) is 4.90 Å². The summed E-state index contributed by atoms with van der Waals surface area (Å²) < 4.78 is 38.3. The maximum Gasteiger partial charge on any atom is 0.404 e. The fraction of sp³-hybridized carbons (Fsp3) is 1.00. The summed E-state index contributed by atoms with van der Waals surface area (Å²) in [5.41, 5.74) is 5.25. The second kappa shape index (κ2) is 5.16. The Bertz CT molecular complexity index is 190. The van der Waals surface area contributed by atoms with E-state index < -0.39 is 12.2 Å². The minimum atomic E-state index is -4.14. The first-order chi connectivity index (χ1) is 7.00. The van der Waals surface area contributed by atoms with Gasteiger partial charge in [0.15, 0.2) is 0 Å². The Balaban J connectivity index is 2.65. The number of halogens is 3. The van der Waals surface area contributed by atoms with Gasteiger partial charge in [0, 0.05) is 6.04 Å². The van der Waals surface area contributed by atoms with Gasteiger partial charge in [0.05, 0.1) is 0 Å². The van der Waals surface area contributed by atoms with E-state index in [0.717, 1.165) is 19.3 Å². The van der Waals surface area contributed by atoms with Crippen molar-refractivity contribution in [2.45, 2.75) is 50.9 Å². The van der Waals surface area contributed by atoms with Crippen molar-refractivity contribution in [2.75, 3.05) is 13.1 Å². The molecule has 0 heterocycles. The van der Waals surface area contributed by atoms with Crippen molar-refractivity contribution in [3.63, 3.8) is 0 Å². The fourth-order valence-corrected chi connectivity index (χ4v) is 1.93. The predicted octanol–water partition coefficient (Wildman–Crippen LogP) is 2.14. The summed E-state index contributed by atoms with van der Waals surface area (Å²) in [7, 11) is 0. The van der Waals surface area contributed by atoms with Gasteiger partial charge >= 0.3 is 6.18 Å². The second-order valence-corrected chi connectivity index (χ2v) is 4.10. The van der Waals surface area contributed by atoms with Crippen LogP contribution in [-0.4, -0.2) is 36.2 Å². The Labute approximate surface area is 88.6 Å². The van der Waals surface area contributed by atoms with Crippen molar-refractivity contribution in [3.8, 4) is 0 Å². The highest BCUT2D eigenvalue weighted by atomic mass is 19.4. The molecule has 5 heteroatoms. The highest BCUT2D eigenvalue weighted by Crippen LogP contribution is 2.35. The predicted molar refractivity (Wildman–Crippen MR) is 53.5 cm³/mol. The van der Waals surface area contributed by atoms with Gasteiger partial charge in [0.25, 0.3) is 0 Å². The Kier molecular flexibility index (Phi) is 4.40. The highest BCUT2D eigenvalue weighted by Gasteiger charge is 2.46. The van der Waals surface area contributed by atoms with Crippen LogP contribution in [0, 0.1) is 0 Å². The van der Waals surface area contributed by atoms with Crippen LogP contribution in [0.3, 0.4) is 0 Å². The molecule has 1 unspecified atom stereocenters. The van der Waals surface area contributed by atoms with Crippen molar-refractivity contribution in [1.29, 1.82) is 0 Å². The summed E-state index contributed by atoms with van der Waals surface area (Å²) in [6.45, 7) is 2.53. The Morgan fingerprint density at radius 3 is 2.33 bits per heavy atom. The molecule has 0 radical (unpaired) electrons. The molecule has 0 aromatic rings. The Morgan fingerprint density at radius 1 is 1.40 bits per heavy atom. The van der Waals surface area contributed by atoms with E-state index >= 15 is 0 Å². The molecule has 0 saturated heterocycles. The molecule has 1 saturated carbocycles. The SMILES string of the molecule is CCCN(C1CC1)C(CCN)C(F)(F)F. The molecule has 0 bridgehead atoms. The third kappa shape index (κ3) is 3.65. The molecule has 0 aromatic heterocycles. The van der Waals surface area contributed by atoms with Crippen LogP contribution in [0.1, 0.15) is 32.6 Å². The first-order valence-electron chi connectivity index (χ1n) is 5.53. The lowest BCUT2D eigenvalue weighted by atomic mass is 10.1. The monoisotopic (exact) mass is 224 g/mol. The molecule has 1 aliphatic rings. The number of alkyl halides is 3. The number of nitrogens with zero attached hydrogens (tertiary/aromatic N) is 1. The average Bonchev–Trinajstić information content (AvgIpc) is 2.92. The topological polar surface area (TPSA) is 29.3 Å². The smallest absolute Gasteiger partial charge is 0.330 e. The summed E-state index contributed by atoms with van der Waals surface area (Å²) >= 11 is 0. The van der Waals surface area contributed by atoms with E-state index in [9.17, 15) is 13.2 Å². The van der Waals surface area contributed by atoms with Crippen LogP contribution in [0.25, 0.3) is 0 Å². The van der Waals surface area contributed by atoms with Gasteiger partial charge in [-0.25, -0.2) is 0 Å². The number of hydrogen-bond acceptors (Lipinski definition) is 2. The molecule has 90 valence electrons. The molecule has 0 spiro atoms. The van der Waals surface area contributed by atoms with Crippen LogP contribution in [0.5, 0.6) is 0 Å². The van der Waals surface area contributed by atoms with Crippen molar-refractivity contribution in [3.05, 3.63) is 0 Å². The molecule has 1 fully saturated rings. The average molecular weight is 224 g/mol. The van der Waals surface area contributed by atoms with Crippen LogP contribution in [0.4, 0.5) is 13.2 Å². The van der Waals surface area contributed by atoms with Gasteiger partial charge in [0.1, 0.15) is 6.04 Å². The highest BCUT2D eigenvalue weighted by molar-refractivity contribution is 4.91. The zero-order valence-electron chi connectivity index (χ0n) is 9.06. The molecule has 0 aromatic carbocycles. The Hall–Kier alpha value is -0.290. The lowest BCUT2D eigenvalue weighted by molar-refractivity contribution is -0.186. The number of rotatable bonds is 6. The number of hydrogen-bond donors (Lipinski definition) is 1. The van der Waals surface area contributed by atoms with E-state index in [-0.39, 0.29) is 19.0 Å². The molecule has 1 rings (SSSR count). The van der Waals surface area contributed by atoms with Gasteiger partial charge in [-0.1, -0.05) is 6.92 Å². The van der Waals surface area contributed by atoms with E-state index in [0.29, 0.717) is 6.54 Å². The zero-order chi connectivity index (χ0) is 11.5. The molecule has 2 N–H and O–H groups in total. The molecule has 1 aliphatic carbocycles. The maximum atomic E-state index is 12.8. The summed E-state index contributed by atoms with van der Waals surface area (Å²) in [4.78, 5) is 1.59. The van der Waals surface area contributed by atoms with E-state index in [1.165, 1.54) is 0 Å². The van der Waals surface area contributed by atoms with Gasteiger partial charge in [-0.05, 0) is 38.8 Å². The molecule has 15 heavy (non-hydrogen) atoms. The molecule has 2 nitrogen and oxygen atoms in total. The van der Waals surface area contributed by atoms with Crippen LogP contribution < -0.4 is 5.73 Å². The van der Waals surface area contributed by atoms with Gasteiger partial charge in [-0.3, -0.25) is 4.90 Å². The molecule has 0 amide bonds. The van der Waals surface area contributed by atoms with Crippen LogP contribution in [0.15, 0.2) is 0 Å². The molecular weight excluding hydrogens is 205 g/mol. The van der Waals surface area contributed by atoms with Gasteiger partial charge < -0.3 is 5.73 Å². The van der Waals surface area contributed by atoms with Crippen LogP contribution in [-0.2, 0) is 0 Å². The first kappa shape index (κ1) is 12.8. The van der Waals surface area contributed by atoms with Gasteiger partial charge in [-0.2, -0.15) is 13.2 Å². The summed E-state index contributed by atoms with van der Waals surface area (Å²) in [5, 5.41) is 0. The van der Waals surface area contributed by atoms with Gasteiger partial charge in [-0.15, -0.1) is 0 Å². The number of nitrogens with two attached hydrogens (primary N) is 1. The largest absolute Gasteiger partial charge is 0.404 e. The lowest BCUT2D eigenvalue weighted by Gasteiger charge is -2.32. The molecular formula is C10H19F3N2. The minimum absolute atomic E-state index is 0.0139. The summed E-state index contributed by atoms with van der Waals surface area (Å²) in [5.74, 6) is 0. The summed E-state index contributed by atoms with van der Waals surface area (Å²) in [6, 6.07) is -1.20. The lowest BCUT2D eigenvalue weighted by Crippen LogP contribution is -2.48. The van der Waals surface area contributed by atoms with Crippen molar-refractivity contribution < 1.29 is 13.2 Å². The zero-order valence-corrected chi connectivity index (χ0v) is 9.06. The molecule has 1 atom stereocenters. The summed E-state index contributed by atoms with van der Waals surface area (Å²) in [6.07, 6.45) is -1.57. The second-order valence-electron chi connectivity index (χ2n) is 4.10. The third-order valence-corrected chi connectivity index (χ3v) is 2.72. The van der Waals surface area contributed by atoms with Crippen molar-refractivity contribution >= 4 is 0 Å². The fourth-order valence-electron chi connectivity index (χ4n) is 1.93. The quantitative estimate of drug-likeness (QED) is 0.749. The van der Waals surface area contributed by atoms with Crippen molar-refractivity contribution in [2.24, 2.45) is 5.73 Å². The Morgan fingerprint density at radius 2 is 2.00 bits per heavy atom.